The first kappa shape index (κ1) is 32.8. The van der Waals surface area contributed by atoms with Crippen molar-refractivity contribution in [2.24, 2.45) is 5.92 Å². The fourth-order valence-electron chi connectivity index (χ4n) is 7.28. The Kier molecular flexibility index (Phi) is 8.38. The Morgan fingerprint density at radius 3 is 2.49 bits per heavy atom. The van der Waals surface area contributed by atoms with E-state index in [2.05, 4.69) is 43.0 Å². The molecule has 2 atom stereocenters. The van der Waals surface area contributed by atoms with Crippen LogP contribution in [0.1, 0.15) is 83.3 Å². The van der Waals surface area contributed by atoms with Crippen LogP contribution >= 0.6 is 0 Å². The van der Waals surface area contributed by atoms with Crippen LogP contribution in [0.2, 0.25) is 0 Å². The van der Waals surface area contributed by atoms with Gasteiger partial charge in [-0.3, -0.25) is 24.0 Å². The van der Waals surface area contributed by atoms with Crippen LogP contribution in [0.4, 0.5) is 22.9 Å². The van der Waals surface area contributed by atoms with Gasteiger partial charge in [0.25, 0.3) is 11.8 Å². The normalized spacial score (nSPS) is 19.2. The van der Waals surface area contributed by atoms with Gasteiger partial charge in [0, 0.05) is 63.4 Å². The third-order valence-corrected chi connectivity index (χ3v) is 10.4. The highest BCUT2D eigenvalue weighted by atomic mass is 16.3. The molecular formula is C36H41N11O4. The summed E-state index contributed by atoms with van der Waals surface area (Å²) in [5.74, 6) is -0.406. The van der Waals surface area contributed by atoms with Gasteiger partial charge in [-0.15, -0.1) is 10.2 Å². The van der Waals surface area contributed by atoms with Crippen molar-refractivity contribution in [2.75, 3.05) is 55.8 Å². The summed E-state index contributed by atoms with van der Waals surface area (Å²) in [6.45, 7) is 4.75. The second-order valence-corrected chi connectivity index (χ2v) is 13.8. The van der Waals surface area contributed by atoms with Gasteiger partial charge in [-0.05, 0) is 50.8 Å². The van der Waals surface area contributed by atoms with E-state index in [-0.39, 0.29) is 41.3 Å². The van der Waals surface area contributed by atoms with E-state index in [1.165, 1.54) is 7.05 Å². The van der Waals surface area contributed by atoms with Crippen LogP contribution in [0.3, 0.4) is 0 Å². The Balaban J connectivity index is 1.03. The number of pyridine rings is 1. The van der Waals surface area contributed by atoms with Gasteiger partial charge in [-0.2, -0.15) is 5.10 Å². The summed E-state index contributed by atoms with van der Waals surface area (Å²) in [5, 5.41) is 32.7. The highest BCUT2D eigenvalue weighted by Crippen LogP contribution is 2.49. The summed E-state index contributed by atoms with van der Waals surface area (Å²) in [5.41, 5.74) is 6.03. The predicted molar refractivity (Wildman–Crippen MR) is 189 cm³/mol. The molecule has 1 aliphatic carbocycles. The maximum Gasteiger partial charge on any atom is 0.273 e. The Hall–Kier alpha value is -5.41. The van der Waals surface area contributed by atoms with E-state index in [4.69, 9.17) is 5.10 Å². The maximum atomic E-state index is 13.5. The van der Waals surface area contributed by atoms with E-state index in [1.807, 2.05) is 41.0 Å². The van der Waals surface area contributed by atoms with Gasteiger partial charge in [0.15, 0.2) is 17.7 Å². The smallest absolute Gasteiger partial charge is 0.273 e. The number of aliphatic hydroxyl groups is 1. The Morgan fingerprint density at radius 2 is 1.75 bits per heavy atom. The molecule has 51 heavy (non-hydrogen) atoms. The van der Waals surface area contributed by atoms with Gasteiger partial charge in [0.1, 0.15) is 5.69 Å². The summed E-state index contributed by atoms with van der Waals surface area (Å²) in [4.78, 5) is 49.2. The summed E-state index contributed by atoms with van der Waals surface area (Å²) in [6.07, 6.45) is 4.88. The van der Waals surface area contributed by atoms with E-state index in [0.717, 1.165) is 67.0 Å². The number of carbonyl (C=O) groups is 3. The number of aliphatic hydroxyl groups excluding tert-OH is 1. The van der Waals surface area contributed by atoms with Crippen LogP contribution in [-0.4, -0.2) is 97.9 Å². The van der Waals surface area contributed by atoms with Crippen LogP contribution in [0.5, 0.6) is 0 Å². The summed E-state index contributed by atoms with van der Waals surface area (Å²) < 4.78 is 2.04. The second kappa shape index (κ2) is 13.0. The first-order chi connectivity index (χ1) is 24.7. The minimum Gasteiger partial charge on any atom is -0.372 e. The van der Waals surface area contributed by atoms with Crippen molar-refractivity contribution in [1.29, 1.82) is 0 Å². The molecule has 0 spiro atoms. The van der Waals surface area contributed by atoms with Crippen molar-refractivity contribution >= 4 is 40.6 Å². The zero-order chi connectivity index (χ0) is 35.4. The van der Waals surface area contributed by atoms with Gasteiger partial charge >= 0.3 is 0 Å². The molecule has 4 N–H and O–H groups in total. The molecule has 1 unspecified atom stereocenters. The summed E-state index contributed by atoms with van der Waals surface area (Å²) in [6, 6.07) is 12.8. The Bertz CT molecular complexity index is 2020. The molecule has 1 saturated carbocycles. The number of benzene rings is 1. The predicted octanol–water partition coefficient (Wildman–Crippen LogP) is 3.48. The van der Waals surface area contributed by atoms with Crippen molar-refractivity contribution in [2.45, 2.75) is 50.9 Å². The fraction of sp³-hybridized carbons (Fsp3) is 0.417. The van der Waals surface area contributed by atoms with Crippen LogP contribution in [-0.2, 0) is 4.79 Å². The molecule has 2 saturated heterocycles. The fourth-order valence-corrected chi connectivity index (χ4v) is 7.28. The number of aromatic nitrogens is 5. The molecule has 4 aliphatic rings. The van der Waals surface area contributed by atoms with E-state index < -0.39 is 12.1 Å². The number of amides is 3. The molecule has 4 aromatic rings. The maximum absolute atomic E-state index is 13.5. The lowest BCUT2D eigenvalue weighted by Gasteiger charge is -2.42. The minimum absolute atomic E-state index is 0.00272. The zero-order valence-corrected chi connectivity index (χ0v) is 28.8. The number of para-hydroxylation sites is 1. The first-order valence-corrected chi connectivity index (χ1v) is 17.5. The van der Waals surface area contributed by atoms with E-state index in [9.17, 15) is 19.5 Å². The molecule has 0 radical (unpaired) electrons. The topological polar surface area (TPSA) is 174 Å². The van der Waals surface area contributed by atoms with Crippen LogP contribution < -0.4 is 20.9 Å². The number of anilines is 4. The third-order valence-electron chi connectivity index (χ3n) is 10.4. The minimum atomic E-state index is -0.812. The third kappa shape index (κ3) is 5.95. The number of hydrogen-bond donors (Lipinski definition) is 4. The lowest BCUT2D eigenvalue weighted by atomic mass is 9.93. The van der Waals surface area contributed by atoms with Crippen LogP contribution in [0.15, 0.2) is 48.7 Å². The lowest BCUT2D eigenvalue weighted by Crippen LogP contribution is -2.52. The van der Waals surface area contributed by atoms with E-state index in [1.54, 1.807) is 29.2 Å². The summed E-state index contributed by atoms with van der Waals surface area (Å²) in [7, 11) is 3.55. The SMILES string of the molecule is CNC(=O)c1nnc(NC(=O)C2CC2)cc1Nc1cccc2c1N(C)[C@H](C)c1c-2cnn1C1CN(C(=O)c2cccc(C(O)N3CCCC3)n2)C1. The average molecular weight is 692 g/mol. The van der Waals surface area contributed by atoms with Gasteiger partial charge < -0.3 is 30.9 Å². The number of nitrogens with zero attached hydrogens (tertiary/aromatic N) is 8. The molecule has 15 nitrogen and oxygen atoms in total. The van der Waals surface area contributed by atoms with E-state index in [0.29, 0.717) is 30.2 Å². The molecular weight excluding hydrogens is 650 g/mol. The molecule has 3 aromatic heterocycles. The molecule has 1 aromatic carbocycles. The Morgan fingerprint density at radius 1 is 0.980 bits per heavy atom. The second-order valence-electron chi connectivity index (χ2n) is 13.8. The van der Waals surface area contributed by atoms with Crippen molar-refractivity contribution in [3.05, 3.63) is 71.4 Å². The number of rotatable bonds is 9. The van der Waals surface area contributed by atoms with Crippen molar-refractivity contribution in [1.82, 2.24) is 40.1 Å². The van der Waals surface area contributed by atoms with Crippen molar-refractivity contribution in [3.8, 4) is 11.1 Å². The molecule has 3 amide bonds. The lowest BCUT2D eigenvalue weighted by molar-refractivity contribution is -0.117. The molecule has 8 rings (SSSR count). The van der Waals surface area contributed by atoms with Crippen molar-refractivity contribution < 1.29 is 19.5 Å². The molecule has 15 heteroatoms. The van der Waals surface area contributed by atoms with Crippen LogP contribution in [0.25, 0.3) is 11.1 Å². The largest absolute Gasteiger partial charge is 0.372 e. The number of fused-ring (bicyclic) bond motifs is 3. The molecule has 264 valence electrons. The van der Waals surface area contributed by atoms with E-state index >= 15 is 0 Å². The van der Waals surface area contributed by atoms with Gasteiger partial charge in [-0.1, -0.05) is 18.2 Å². The van der Waals surface area contributed by atoms with Gasteiger partial charge in [0.05, 0.1) is 46.7 Å². The first-order valence-electron chi connectivity index (χ1n) is 17.5. The quantitative estimate of drug-likeness (QED) is 0.202. The molecule has 3 aliphatic heterocycles. The monoisotopic (exact) mass is 691 g/mol. The molecule has 6 heterocycles. The Labute approximate surface area is 295 Å². The molecule has 3 fully saturated rings. The van der Waals surface area contributed by atoms with Gasteiger partial charge in [0.2, 0.25) is 5.91 Å². The number of nitrogens with one attached hydrogen (secondary N) is 3. The zero-order valence-electron chi connectivity index (χ0n) is 28.8. The highest BCUT2D eigenvalue weighted by Gasteiger charge is 2.39. The number of carbonyl (C=O) groups excluding carboxylic acids is 3. The van der Waals surface area contributed by atoms with Gasteiger partial charge in [-0.25, -0.2) is 4.98 Å². The standard InChI is InChI=1S/C36H41N11O4/c1-20-31-24(17-38-47(31)22-18-46(19-22)36(51)27-11-7-10-26(40-27)35(50)45-14-4-5-15-45)23-8-6-9-25(32(23)44(20)3)39-28-16-29(41-33(48)21-12-13-21)42-43-30(28)34(49)37-2/h6-11,16-17,20-22,35,50H,4-5,12-15,18-19H2,1-3H3,(H,37,49)(H2,39,41,42,48)/t20-,35?/m1/s1. The van der Waals surface area contributed by atoms with Crippen molar-refractivity contribution in [3.63, 3.8) is 0 Å². The van der Waals surface area contributed by atoms with Crippen LogP contribution in [0, 0.1) is 5.92 Å². The molecule has 0 bridgehead atoms. The number of hydrogen-bond acceptors (Lipinski definition) is 11. The average Bonchev–Trinajstić information content (AvgIpc) is 3.66. The number of likely N-dealkylation sites (tertiary alicyclic amines) is 2. The highest BCUT2D eigenvalue weighted by molar-refractivity contribution is 6.01. The summed E-state index contributed by atoms with van der Waals surface area (Å²) >= 11 is 0.